The first-order valence-corrected chi connectivity index (χ1v) is 13.9. The van der Waals surface area contributed by atoms with Gasteiger partial charge in [0.1, 0.15) is 0 Å². The highest BCUT2D eigenvalue weighted by Crippen LogP contribution is 2.36. The number of hydrogen-bond acceptors (Lipinski definition) is 3. The first kappa shape index (κ1) is 24.1. The molecule has 6 rings (SSSR count). The number of nitrogens with zero attached hydrogens (tertiary/aromatic N) is 3. The van der Waals surface area contributed by atoms with Crippen molar-refractivity contribution in [2.75, 3.05) is 6.54 Å². The molecular formula is C32H34N4S. The summed E-state index contributed by atoms with van der Waals surface area (Å²) in [7, 11) is 0. The fraction of sp³-hybridized carbons (Fsp3) is 0.281. The maximum Gasteiger partial charge on any atom is 0.0789 e. The van der Waals surface area contributed by atoms with Gasteiger partial charge < -0.3 is 4.98 Å². The number of aromatic nitrogens is 3. The average molecular weight is 507 g/mol. The molecule has 3 heterocycles. The summed E-state index contributed by atoms with van der Waals surface area (Å²) in [4.78, 5) is 5.92. The van der Waals surface area contributed by atoms with E-state index in [4.69, 9.17) is 17.7 Å². The number of aromatic amines is 1. The summed E-state index contributed by atoms with van der Waals surface area (Å²) in [6.07, 6.45) is 3.92. The van der Waals surface area contributed by atoms with Crippen molar-refractivity contribution in [2.45, 2.75) is 52.5 Å². The second kappa shape index (κ2) is 9.88. The Labute approximate surface area is 224 Å². The van der Waals surface area contributed by atoms with Crippen LogP contribution in [0.3, 0.4) is 0 Å². The van der Waals surface area contributed by atoms with Gasteiger partial charge in [-0.05, 0) is 60.7 Å². The summed E-state index contributed by atoms with van der Waals surface area (Å²) >= 11 is 4.70. The van der Waals surface area contributed by atoms with Gasteiger partial charge in [0.25, 0.3) is 0 Å². The zero-order valence-electron chi connectivity index (χ0n) is 21.9. The fourth-order valence-corrected chi connectivity index (χ4v) is 6.02. The van der Waals surface area contributed by atoms with Crippen molar-refractivity contribution in [3.05, 3.63) is 106 Å². The third-order valence-corrected chi connectivity index (χ3v) is 8.15. The van der Waals surface area contributed by atoms with Gasteiger partial charge in [-0.3, -0.25) is 4.90 Å². The van der Waals surface area contributed by atoms with E-state index in [0.29, 0.717) is 5.75 Å². The van der Waals surface area contributed by atoms with Crippen molar-refractivity contribution >= 4 is 23.5 Å². The Kier molecular flexibility index (Phi) is 6.43. The Morgan fingerprint density at radius 1 is 0.973 bits per heavy atom. The molecule has 37 heavy (non-hydrogen) atoms. The van der Waals surface area contributed by atoms with Crippen LogP contribution in [0.5, 0.6) is 0 Å². The van der Waals surface area contributed by atoms with Crippen LogP contribution in [-0.2, 0) is 31.7 Å². The van der Waals surface area contributed by atoms with Crippen LogP contribution in [-0.4, -0.2) is 26.2 Å². The minimum absolute atomic E-state index is 0.683. The molecule has 0 atom stereocenters. The van der Waals surface area contributed by atoms with Gasteiger partial charge in [-0.25, -0.2) is 4.68 Å². The van der Waals surface area contributed by atoms with Crippen molar-refractivity contribution < 1.29 is 0 Å². The molecule has 0 aliphatic carbocycles. The third kappa shape index (κ3) is 4.41. The van der Waals surface area contributed by atoms with E-state index in [1.165, 1.54) is 61.4 Å². The molecule has 0 unspecified atom stereocenters. The number of nitrogens with one attached hydrogen (secondary N) is 1. The molecule has 0 radical (unpaired) electrons. The number of hydrogen-bond donors (Lipinski definition) is 2. The predicted octanol–water partition coefficient (Wildman–Crippen LogP) is 7.19. The number of rotatable bonds is 6. The first-order chi connectivity index (χ1) is 18.1. The lowest BCUT2D eigenvalue weighted by atomic mass is 9.98. The van der Waals surface area contributed by atoms with Crippen LogP contribution in [0.15, 0.2) is 66.9 Å². The molecule has 3 aromatic carbocycles. The zero-order chi connectivity index (χ0) is 25.5. The van der Waals surface area contributed by atoms with E-state index in [9.17, 15) is 0 Å². The van der Waals surface area contributed by atoms with Crippen LogP contribution in [0.25, 0.3) is 27.8 Å². The number of benzene rings is 3. The second-order valence-electron chi connectivity index (χ2n) is 10.3. The number of fused-ring (bicyclic) bond motifs is 2. The molecule has 0 amide bonds. The molecule has 0 saturated carbocycles. The van der Waals surface area contributed by atoms with E-state index < -0.39 is 0 Å². The molecule has 2 aromatic heterocycles. The maximum absolute atomic E-state index is 5.30. The van der Waals surface area contributed by atoms with Crippen LogP contribution in [0.4, 0.5) is 0 Å². The van der Waals surface area contributed by atoms with Crippen molar-refractivity contribution in [1.29, 1.82) is 0 Å². The predicted molar refractivity (Wildman–Crippen MR) is 157 cm³/mol. The summed E-state index contributed by atoms with van der Waals surface area (Å²) in [6, 6.07) is 22.2. The fourth-order valence-electron chi connectivity index (χ4n) is 5.76. The molecule has 0 spiro atoms. The molecule has 0 bridgehead atoms. The van der Waals surface area contributed by atoms with E-state index >= 15 is 0 Å². The number of aryl methyl sites for hydroxylation is 3. The lowest BCUT2D eigenvalue weighted by Gasteiger charge is -2.27. The molecule has 1 N–H and O–H groups in total. The average Bonchev–Trinajstić information content (AvgIpc) is 3.54. The van der Waals surface area contributed by atoms with Gasteiger partial charge >= 0.3 is 0 Å². The molecule has 5 heteroatoms. The van der Waals surface area contributed by atoms with Gasteiger partial charge in [0.15, 0.2) is 0 Å². The Morgan fingerprint density at radius 3 is 2.68 bits per heavy atom. The molecule has 188 valence electrons. The van der Waals surface area contributed by atoms with Crippen molar-refractivity contribution in [1.82, 2.24) is 19.7 Å². The summed E-state index contributed by atoms with van der Waals surface area (Å²) < 4.78 is 2.24. The second-order valence-corrected chi connectivity index (χ2v) is 10.6. The summed E-state index contributed by atoms with van der Waals surface area (Å²) in [6.45, 7) is 9.50. The Morgan fingerprint density at radius 2 is 1.84 bits per heavy atom. The van der Waals surface area contributed by atoms with Crippen LogP contribution in [0, 0.1) is 13.8 Å². The van der Waals surface area contributed by atoms with Gasteiger partial charge in [-0.15, -0.1) is 0 Å². The third-order valence-electron chi connectivity index (χ3n) is 7.80. The van der Waals surface area contributed by atoms with E-state index in [0.717, 1.165) is 38.0 Å². The number of thiol groups is 1. The zero-order valence-corrected chi connectivity index (χ0v) is 22.8. The summed E-state index contributed by atoms with van der Waals surface area (Å²) in [5.74, 6) is 0.683. The van der Waals surface area contributed by atoms with Gasteiger partial charge in [-0.2, -0.15) is 17.7 Å². The van der Waals surface area contributed by atoms with Gasteiger partial charge in [0.2, 0.25) is 0 Å². The monoisotopic (exact) mass is 506 g/mol. The highest BCUT2D eigenvalue weighted by atomic mass is 32.1. The lowest BCUT2D eigenvalue weighted by molar-refractivity contribution is 0.244. The maximum atomic E-state index is 5.30. The standard InChI is InChI=1S/C32H34N4S/c1-4-23-6-5-7-26(20-37)31(23)36-32(25-10-11-29-24(17-25)12-14-33-29)28-19-35(15-13-30(28)34-36)18-27-16-21(2)8-9-22(27)3/h5-12,14,16-17,33,37H,4,13,15,18-20H2,1-3H3. The van der Waals surface area contributed by atoms with Gasteiger partial charge in [0.05, 0.1) is 17.1 Å². The summed E-state index contributed by atoms with van der Waals surface area (Å²) in [5.41, 5.74) is 14.0. The summed E-state index contributed by atoms with van der Waals surface area (Å²) in [5, 5.41) is 6.53. The van der Waals surface area contributed by atoms with Crippen LogP contribution in [0.1, 0.15) is 46.0 Å². The van der Waals surface area contributed by atoms with Crippen LogP contribution in [0.2, 0.25) is 0 Å². The highest BCUT2D eigenvalue weighted by Gasteiger charge is 2.28. The highest BCUT2D eigenvalue weighted by molar-refractivity contribution is 7.79. The van der Waals surface area contributed by atoms with E-state index in [2.05, 4.69) is 96.0 Å². The topological polar surface area (TPSA) is 36.9 Å². The molecular weight excluding hydrogens is 472 g/mol. The number of H-pyrrole nitrogens is 1. The Hall–Kier alpha value is -3.28. The number of para-hydroxylation sites is 1. The minimum Gasteiger partial charge on any atom is -0.361 e. The van der Waals surface area contributed by atoms with Crippen molar-refractivity contribution in [3.8, 4) is 16.9 Å². The minimum atomic E-state index is 0.683. The SMILES string of the molecule is CCc1cccc(CS)c1-n1nc2c(c1-c1ccc3[nH]ccc3c1)CN(Cc1cc(C)ccc1C)CC2. The molecule has 0 fully saturated rings. The largest absolute Gasteiger partial charge is 0.361 e. The van der Waals surface area contributed by atoms with Crippen LogP contribution >= 0.6 is 12.6 Å². The van der Waals surface area contributed by atoms with Crippen molar-refractivity contribution in [2.24, 2.45) is 0 Å². The Bertz CT molecular complexity index is 1570. The quantitative estimate of drug-likeness (QED) is 0.239. The first-order valence-electron chi connectivity index (χ1n) is 13.2. The molecule has 4 nitrogen and oxygen atoms in total. The molecule has 1 aliphatic rings. The van der Waals surface area contributed by atoms with E-state index in [1.807, 2.05) is 6.20 Å². The van der Waals surface area contributed by atoms with Crippen molar-refractivity contribution in [3.63, 3.8) is 0 Å². The van der Waals surface area contributed by atoms with Gasteiger partial charge in [-0.1, -0.05) is 55.0 Å². The Balaban J connectivity index is 1.50. The lowest BCUT2D eigenvalue weighted by Crippen LogP contribution is -2.30. The smallest absolute Gasteiger partial charge is 0.0789 e. The van der Waals surface area contributed by atoms with Gasteiger partial charge in [0, 0.05) is 60.0 Å². The molecule has 0 saturated heterocycles. The van der Waals surface area contributed by atoms with Crippen LogP contribution < -0.4 is 0 Å². The van der Waals surface area contributed by atoms with E-state index in [-0.39, 0.29) is 0 Å². The van der Waals surface area contributed by atoms with E-state index in [1.54, 1.807) is 0 Å². The normalized spacial score (nSPS) is 13.8. The molecule has 5 aromatic rings. The molecule has 1 aliphatic heterocycles.